The molecule has 0 fully saturated rings. The molecule has 0 aliphatic rings. The van der Waals surface area contributed by atoms with E-state index < -0.39 is 12.6 Å². The van der Waals surface area contributed by atoms with Gasteiger partial charge in [0.2, 0.25) is 0 Å². The number of carboxylic acid groups (broad SMARTS) is 1. The Morgan fingerprint density at radius 2 is 2.21 bits per heavy atom. The van der Waals surface area contributed by atoms with Gasteiger partial charge in [-0.3, -0.25) is 9.78 Å². The second kappa shape index (κ2) is 4.06. The van der Waals surface area contributed by atoms with Crippen molar-refractivity contribution in [2.75, 3.05) is 0 Å². The van der Waals surface area contributed by atoms with Crippen molar-refractivity contribution in [1.82, 2.24) is 4.98 Å². The molecule has 5 heteroatoms. The van der Waals surface area contributed by atoms with Crippen molar-refractivity contribution in [2.45, 2.75) is 20.0 Å². The molecule has 0 saturated carbocycles. The van der Waals surface area contributed by atoms with Crippen LogP contribution in [0.25, 0.3) is 0 Å². The minimum atomic E-state index is -1.02. The Hall–Kier alpha value is -1.62. The van der Waals surface area contributed by atoms with Gasteiger partial charge in [0.25, 0.3) is 0 Å². The van der Waals surface area contributed by atoms with Crippen molar-refractivity contribution in [3.63, 3.8) is 0 Å². The first-order chi connectivity index (χ1) is 6.56. The zero-order chi connectivity index (χ0) is 10.7. The lowest BCUT2D eigenvalue weighted by atomic mass is 10.1. The third-order valence-electron chi connectivity index (χ3n) is 1.93. The number of carbonyl (C=O) groups is 1. The highest BCUT2D eigenvalue weighted by atomic mass is 16.4. The number of rotatable bonds is 3. The summed E-state index contributed by atoms with van der Waals surface area (Å²) in [7, 11) is 0. The first-order valence-corrected chi connectivity index (χ1v) is 4.05. The summed E-state index contributed by atoms with van der Waals surface area (Å²) < 4.78 is 0. The normalized spacial score (nSPS) is 10.1. The van der Waals surface area contributed by atoms with Crippen LogP contribution < -0.4 is 0 Å². The van der Waals surface area contributed by atoms with Crippen molar-refractivity contribution < 1.29 is 20.1 Å². The lowest BCUT2D eigenvalue weighted by Crippen LogP contribution is -2.05. The van der Waals surface area contributed by atoms with E-state index in [4.69, 9.17) is 10.2 Å². The molecule has 0 spiro atoms. The summed E-state index contributed by atoms with van der Waals surface area (Å²) in [6, 6.07) is 0. The number of aliphatic hydroxyl groups excluding tert-OH is 1. The quantitative estimate of drug-likeness (QED) is 0.644. The Labute approximate surface area is 80.7 Å². The lowest BCUT2D eigenvalue weighted by molar-refractivity contribution is -0.136. The van der Waals surface area contributed by atoms with Gasteiger partial charge in [0.05, 0.1) is 18.7 Å². The van der Waals surface area contributed by atoms with Crippen LogP contribution in [0.3, 0.4) is 0 Å². The van der Waals surface area contributed by atoms with Crippen molar-refractivity contribution in [3.05, 3.63) is 23.0 Å². The molecule has 0 saturated heterocycles. The number of aliphatic carboxylic acids is 1. The van der Waals surface area contributed by atoms with Crippen LogP contribution in [0.15, 0.2) is 6.20 Å². The van der Waals surface area contributed by atoms with Gasteiger partial charge in [0.1, 0.15) is 5.75 Å². The first kappa shape index (κ1) is 10.5. The van der Waals surface area contributed by atoms with E-state index >= 15 is 0 Å². The number of carboxylic acids is 1. The molecule has 14 heavy (non-hydrogen) atoms. The molecule has 0 aliphatic heterocycles. The predicted molar refractivity (Wildman–Crippen MR) is 47.9 cm³/mol. The zero-order valence-electron chi connectivity index (χ0n) is 7.69. The Balaban J connectivity index is 3.17. The van der Waals surface area contributed by atoms with Crippen molar-refractivity contribution in [2.24, 2.45) is 0 Å². The molecule has 1 heterocycles. The van der Waals surface area contributed by atoms with Gasteiger partial charge in [-0.2, -0.15) is 0 Å². The van der Waals surface area contributed by atoms with Crippen LogP contribution in [-0.4, -0.2) is 26.3 Å². The number of aliphatic hydroxyl groups is 1. The standard InChI is InChI=1S/C9H11NO4/c1-5-9(14)7(4-11)6(3-10-5)2-8(12)13/h3,11,14H,2,4H2,1H3,(H,12,13). The Bertz CT molecular complexity index is 362. The molecule has 76 valence electrons. The maximum absolute atomic E-state index is 10.4. The van der Waals surface area contributed by atoms with E-state index in [-0.39, 0.29) is 17.7 Å². The highest BCUT2D eigenvalue weighted by Gasteiger charge is 2.12. The molecule has 0 aliphatic carbocycles. The molecule has 0 bridgehead atoms. The van der Waals surface area contributed by atoms with Crippen LogP contribution >= 0.6 is 0 Å². The fourth-order valence-electron chi connectivity index (χ4n) is 1.18. The minimum Gasteiger partial charge on any atom is -0.506 e. The van der Waals surface area contributed by atoms with E-state index in [0.717, 1.165) is 0 Å². The summed E-state index contributed by atoms with van der Waals surface area (Å²) in [5, 5.41) is 27.0. The number of hydrogen-bond acceptors (Lipinski definition) is 4. The smallest absolute Gasteiger partial charge is 0.307 e. The highest BCUT2D eigenvalue weighted by molar-refractivity contribution is 5.71. The van der Waals surface area contributed by atoms with E-state index in [0.29, 0.717) is 11.3 Å². The molecule has 0 aromatic carbocycles. The van der Waals surface area contributed by atoms with Crippen LogP contribution in [0.5, 0.6) is 5.75 Å². The molecule has 0 radical (unpaired) electrons. The van der Waals surface area contributed by atoms with Gasteiger partial charge in [-0.1, -0.05) is 0 Å². The van der Waals surface area contributed by atoms with E-state index in [1.807, 2.05) is 0 Å². The number of pyridine rings is 1. The van der Waals surface area contributed by atoms with Crippen LogP contribution in [0.1, 0.15) is 16.8 Å². The van der Waals surface area contributed by atoms with Crippen LogP contribution in [0, 0.1) is 6.92 Å². The molecular weight excluding hydrogens is 186 g/mol. The van der Waals surface area contributed by atoms with Crippen molar-refractivity contribution in [1.29, 1.82) is 0 Å². The SMILES string of the molecule is Cc1ncc(CC(=O)O)c(CO)c1O. The fraction of sp³-hybridized carbons (Fsp3) is 0.333. The highest BCUT2D eigenvalue weighted by Crippen LogP contribution is 2.23. The maximum Gasteiger partial charge on any atom is 0.307 e. The molecule has 5 nitrogen and oxygen atoms in total. The number of aromatic hydroxyl groups is 1. The molecule has 1 aromatic heterocycles. The van der Waals surface area contributed by atoms with Crippen LogP contribution in [0.2, 0.25) is 0 Å². The largest absolute Gasteiger partial charge is 0.506 e. The number of nitrogens with zero attached hydrogens (tertiary/aromatic N) is 1. The monoisotopic (exact) mass is 197 g/mol. The third kappa shape index (κ3) is 2.00. The second-order valence-electron chi connectivity index (χ2n) is 2.92. The summed E-state index contributed by atoms with van der Waals surface area (Å²) in [6.45, 7) is 1.19. The first-order valence-electron chi connectivity index (χ1n) is 4.05. The molecule has 1 rings (SSSR count). The van der Waals surface area contributed by atoms with Crippen molar-refractivity contribution >= 4 is 5.97 Å². The molecule has 0 atom stereocenters. The summed E-state index contributed by atoms with van der Waals surface area (Å²) in [6.07, 6.45) is 1.10. The predicted octanol–water partition coefficient (Wildman–Crippen LogP) is 0.215. The summed E-state index contributed by atoms with van der Waals surface area (Å²) >= 11 is 0. The zero-order valence-corrected chi connectivity index (χ0v) is 7.69. The van der Waals surface area contributed by atoms with E-state index in [2.05, 4.69) is 4.98 Å². The van der Waals surface area contributed by atoms with Gasteiger partial charge >= 0.3 is 5.97 Å². The lowest BCUT2D eigenvalue weighted by Gasteiger charge is -2.08. The third-order valence-corrected chi connectivity index (χ3v) is 1.93. The van der Waals surface area contributed by atoms with E-state index in [1.54, 1.807) is 6.92 Å². The number of hydrogen-bond donors (Lipinski definition) is 3. The fourth-order valence-corrected chi connectivity index (χ4v) is 1.18. The molecule has 1 aromatic rings. The van der Waals surface area contributed by atoms with Gasteiger partial charge in [0, 0.05) is 11.8 Å². The Kier molecular flexibility index (Phi) is 3.03. The van der Waals surface area contributed by atoms with Gasteiger partial charge in [-0.25, -0.2) is 0 Å². The summed E-state index contributed by atoms with van der Waals surface area (Å²) in [4.78, 5) is 14.3. The Morgan fingerprint density at radius 3 is 2.71 bits per heavy atom. The average molecular weight is 197 g/mol. The molecule has 3 N–H and O–H groups in total. The van der Waals surface area contributed by atoms with Gasteiger partial charge < -0.3 is 15.3 Å². The van der Waals surface area contributed by atoms with Gasteiger partial charge in [0.15, 0.2) is 0 Å². The van der Waals surface area contributed by atoms with Crippen molar-refractivity contribution in [3.8, 4) is 5.75 Å². The minimum absolute atomic E-state index is 0.133. The van der Waals surface area contributed by atoms with E-state index in [9.17, 15) is 9.90 Å². The summed E-state index contributed by atoms with van der Waals surface area (Å²) in [5.74, 6) is -1.16. The van der Waals surface area contributed by atoms with Crippen LogP contribution in [-0.2, 0) is 17.8 Å². The number of aryl methyl sites for hydroxylation is 1. The summed E-state index contributed by atoms with van der Waals surface area (Å²) in [5.41, 5.74) is 0.950. The second-order valence-corrected chi connectivity index (χ2v) is 2.92. The maximum atomic E-state index is 10.4. The van der Waals surface area contributed by atoms with Crippen LogP contribution in [0.4, 0.5) is 0 Å². The topological polar surface area (TPSA) is 90.7 Å². The van der Waals surface area contributed by atoms with E-state index in [1.165, 1.54) is 6.20 Å². The Morgan fingerprint density at radius 1 is 1.57 bits per heavy atom. The molecule has 0 amide bonds. The molecule has 0 unspecified atom stereocenters. The average Bonchev–Trinajstić information content (AvgIpc) is 2.11. The van der Waals surface area contributed by atoms with Gasteiger partial charge in [-0.05, 0) is 12.5 Å². The van der Waals surface area contributed by atoms with Gasteiger partial charge in [-0.15, -0.1) is 0 Å². The number of aromatic nitrogens is 1. The molecular formula is C9H11NO4.